The second kappa shape index (κ2) is 8.40. The molecule has 1 unspecified atom stereocenters. The Morgan fingerprint density at radius 3 is 2.41 bits per heavy atom. The van der Waals surface area contributed by atoms with E-state index in [9.17, 15) is 5.26 Å². The molecule has 1 N–H and O–H groups in total. The van der Waals surface area contributed by atoms with Gasteiger partial charge in [-0.2, -0.15) is 5.26 Å². The zero-order chi connectivity index (χ0) is 20.2. The predicted molar refractivity (Wildman–Crippen MR) is 114 cm³/mol. The van der Waals surface area contributed by atoms with Crippen LogP contribution in [0.5, 0.6) is 11.5 Å². The van der Waals surface area contributed by atoms with E-state index < -0.39 is 0 Å². The summed E-state index contributed by atoms with van der Waals surface area (Å²) >= 11 is 12.1. The highest BCUT2D eigenvalue weighted by atomic mass is 35.5. The third-order valence-corrected chi connectivity index (χ3v) is 4.97. The molecular formula is C23H15Cl2N3O. The van der Waals surface area contributed by atoms with Gasteiger partial charge in [0, 0.05) is 22.4 Å². The molecule has 1 aromatic heterocycles. The molecule has 0 saturated carbocycles. The van der Waals surface area contributed by atoms with Crippen LogP contribution in [0.3, 0.4) is 0 Å². The summed E-state index contributed by atoms with van der Waals surface area (Å²) in [5.74, 6) is 1.63. The van der Waals surface area contributed by atoms with Crippen molar-refractivity contribution in [2.24, 2.45) is 0 Å². The van der Waals surface area contributed by atoms with Crippen LogP contribution in [0.1, 0.15) is 28.4 Å². The van der Waals surface area contributed by atoms with Crippen molar-refractivity contribution in [3.63, 3.8) is 0 Å². The first kappa shape index (κ1) is 19.1. The van der Waals surface area contributed by atoms with Crippen molar-refractivity contribution in [1.82, 2.24) is 9.97 Å². The monoisotopic (exact) mass is 419 g/mol. The van der Waals surface area contributed by atoms with Crippen LogP contribution in [0.4, 0.5) is 0 Å². The molecule has 0 aliphatic carbocycles. The Labute approximate surface area is 178 Å². The van der Waals surface area contributed by atoms with Crippen LogP contribution < -0.4 is 4.74 Å². The number of H-pyrrole nitrogens is 1. The van der Waals surface area contributed by atoms with Gasteiger partial charge in [-0.25, -0.2) is 4.98 Å². The molecule has 0 fully saturated rings. The molecule has 0 radical (unpaired) electrons. The van der Waals surface area contributed by atoms with E-state index in [2.05, 4.69) is 16.0 Å². The summed E-state index contributed by atoms with van der Waals surface area (Å²) in [5, 5.41) is 10.7. The van der Waals surface area contributed by atoms with Crippen LogP contribution in [0.2, 0.25) is 10.0 Å². The van der Waals surface area contributed by atoms with Gasteiger partial charge in [0.05, 0.1) is 11.5 Å². The zero-order valence-electron chi connectivity index (χ0n) is 15.1. The minimum atomic E-state index is -0.170. The Morgan fingerprint density at radius 2 is 1.72 bits per heavy atom. The van der Waals surface area contributed by atoms with Gasteiger partial charge in [-0.15, -0.1) is 0 Å². The van der Waals surface area contributed by atoms with Gasteiger partial charge in [0.15, 0.2) is 0 Å². The van der Waals surface area contributed by atoms with E-state index in [0.717, 1.165) is 17.0 Å². The summed E-state index contributed by atoms with van der Waals surface area (Å²) in [6.45, 7) is 0. The molecule has 1 atom stereocenters. The van der Waals surface area contributed by atoms with Crippen LogP contribution in [0.15, 0.2) is 79.1 Å². The Balaban J connectivity index is 1.79. The fraction of sp³-hybridized carbons (Fsp3) is 0.0435. The number of rotatable bonds is 5. The number of aromatic amines is 1. The van der Waals surface area contributed by atoms with Crippen molar-refractivity contribution in [2.45, 2.75) is 5.92 Å². The van der Waals surface area contributed by atoms with Gasteiger partial charge in [0.2, 0.25) is 0 Å². The first-order valence-corrected chi connectivity index (χ1v) is 9.62. The summed E-state index contributed by atoms with van der Waals surface area (Å²) in [5.41, 5.74) is 2.38. The largest absolute Gasteiger partial charge is 0.456 e. The molecule has 0 bridgehead atoms. The number of aromatic nitrogens is 2. The second-order valence-corrected chi connectivity index (χ2v) is 7.26. The average molecular weight is 420 g/mol. The average Bonchev–Trinajstić information content (AvgIpc) is 3.24. The van der Waals surface area contributed by atoms with Crippen molar-refractivity contribution >= 4 is 23.2 Å². The lowest BCUT2D eigenvalue weighted by Crippen LogP contribution is -2.06. The van der Waals surface area contributed by atoms with E-state index in [0.29, 0.717) is 27.1 Å². The SMILES string of the molecule is N#Cc1ccc(C(c2ccc(Cl)cc2)c2ncc[nH]2)cc1Oc1cccc(Cl)c1. The van der Waals surface area contributed by atoms with Gasteiger partial charge in [-0.05, 0) is 53.6 Å². The minimum Gasteiger partial charge on any atom is -0.456 e. The number of halogens is 2. The van der Waals surface area contributed by atoms with Crippen LogP contribution in [0, 0.1) is 11.3 Å². The molecule has 1 heterocycles. The van der Waals surface area contributed by atoms with Crippen molar-refractivity contribution < 1.29 is 4.74 Å². The van der Waals surface area contributed by atoms with Gasteiger partial charge >= 0.3 is 0 Å². The standard InChI is InChI=1S/C23H15Cl2N3O/c24-18-8-6-15(7-9-18)22(23-27-10-11-28-23)16-4-5-17(14-26)21(12-16)29-20-3-1-2-19(25)13-20/h1-13,22H,(H,27,28). The van der Waals surface area contributed by atoms with E-state index in [1.54, 1.807) is 42.7 Å². The first-order valence-electron chi connectivity index (χ1n) is 8.86. The highest BCUT2D eigenvalue weighted by Crippen LogP contribution is 2.35. The van der Waals surface area contributed by atoms with E-state index in [4.69, 9.17) is 27.9 Å². The molecule has 4 aromatic rings. The molecular weight excluding hydrogens is 405 g/mol. The predicted octanol–water partition coefficient (Wildman–Crippen LogP) is 6.56. The van der Waals surface area contributed by atoms with Crippen LogP contribution >= 0.6 is 23.2 Å². The van der Waals surface area contributed by atoms with Crippen molar-refractivity contribution in [2.75, 3.05) is 0 Å². The maximum Gasteiger partial charge on any atom is 0.145 e. The van der Waals surface area contributed by atoms with Gasteiger partial charge in [0.25, 0.3) is 0 Å². The van der Waals surface area contributed by atoms with Crippen LogP contribution in [-0.4, -0.2) is 9.97 Å². The minimum absolute atomic E-state index is 0.170. The van der Waals surface area contributed by atoms with Gasteiger partial charge in [-0.3, -0.25) is 0 Å². The number of hydrogen-bond donors (Lipinski definition) is 1. The van der Waals surface area contributed by atoms with Crippen LogP contribution in [-0.2, 0) is 0 Å². The molecule has 29 heavy (non-hydrogen) atoms. The highest BCUT2D eigenvalue weighted by Gasteiger charge is 2.21. The second-order valence-electron chi connectivity index (χ2n) is 6.39. The number of nitrogens with one attached hydrogen (secondary N) is 1. The maximum atomic E-state index is 9.52. The maximum absolute atomic E-state index is 9.52. The lowest BCUT2D eigenvalue weighted by Gasteiger charge is -2.18. The van der Waals surface area contributed by atoms with Gasteiger partial charge < -0.3 is 9.72 Å². The first-order chi connectivity index (χ1) is 14.1. The third kappa shape index (κ3) is 4.27. The summed E-state index contributed by atoms with van der Waals surface area (Å²) in [6.07, 6.45) is 3.50. The topological polar surface area (TPSA) is 61.7 Å². The molecule has 0 aliphatic rings. The van der Waals surface area contributed by atoms with E-state index in [1.165, 1.54) is 0 Å². The number of hydrogen-bond acceptors (Lipinski definition) is 3. The molecule has 0 saturated heterocycles. The Kier molecular flexibility index (Phi) is 5.53. The summed E-state index contributed by atoms with van der Waals surface area (Å²) in [4.78, 5) is 7.63. The molecule has 0 amide bonds. The summed E-state index contributed by atoms with van der Waals surface area (Å²) < 4.78 is 5.99. The summed E-state index contributed by atoms with van der Waals surface area (Å²) in [7, 11) is 0. The molecule has 142 valence electrons. The van der Waals surface area contributed by atoms with Crippen molar-refractivity contribution in [3.05, 3.63) is 112 Å². The Morgan fingerprint density at radius 1 is 0.931 bits per heavy atom. The normalized spacial score (nSPS) is 11.6. The number of nitrogens with zero attached hydrogens (tertiary/aromatic N) is 2. The molecule has 3 aromatic carbocycles. The van der Waals surface area contributed by atoms with Gasteiger partial charge in [-0.1, -0.05) is 47.5 Å². The molecule has 0 aliphatic heterocycles. The lowest BCUT2D eigenvalue weighted by atomic mass is 9.90. The lowest BCUT2D eigenvalue weighted by molar-refractivity contribution is 0.480. The quantitative estimate of drug-likeness (QED) is 0.398. The molecule has 4 nitrogen and oxygen atoms in total. The molecule has 6 heteroatoms. The number of imidazole rings is 1. The molecule has 0 spiro atoms. The summed E-state index contributed by atoms with van der Waals surface area (Å²) in [6, 6.07) is 22.4. The number of nitriles is 1. The third-order valence-electron chi connectivity index (χ3n) is 4.48. The number of benzene rings is 3. The van der Waals surface area contributed by atoms with Crippen molar-refractivity contribution in [1.29, 1.82) is 5.26 Å². The smallest absolute Gasteiger partial charge is 0.145 e. The highest BCUT2D eigenvalue weighted by molar-refractivity contribution is 6.30. The van der Waals surface area contributed by atoms with Gasteiger partial charge in [0.1, 0.15) is 23.4 Å². The van der Waals surface area contributed by atoms with E-state index in [1.807, 2.05) is 36.4 Å². The fourth-order valence-electron chi connectivity index (χ4n) is 3.15. The van der Waals surface area contributed by atoms with Crippen LogP contribution in [0.25, 0.3) is 0 Å². The Bertz CT molecular complexity index is 1170. The fourth-order valence-corrected chi connectivity index (χ4v) is 3.46. The Hall–Kier alpha value is -3.26. The number of ether oxygens (including phenoxy) is 1. The molecule has 4 rings (SSSR count). The van der Waals surface area contributed by atoms with E-state index in [-0.39, 0.29) is 5.92 Å². The zero-order valence-corrected chi connectivity index (χ0v) is 16.7. The van der Waals surface area contributed by atoms with Crippen molar-refractivity contribution in [3.8, 4) is 17.6 Å². The van der Waals surface area contributed by atoms with E-state index >= 15 is 0 Å².